The number of rotatable bonds is 7. The number of benzene rings is 1. The summed E-state index contributed by atoms with van der Waals surface area (Å²) >= 11 is 0. The fraction of sp³-hybridized carbons (Fsp3) is 0.357. The molecule has 1 aromatic carbocycles. The van der Waals surface area contributed by atoms with E-state index in [1.54, 1.807) is 6.92 Å². The summed E-state index contributed by atoms with van der Waals surface area (Å²) in [6.45, 7) is 1.66. The van der Waals surface area contributed by atoms with Gasteiger partial charge in [-0.15, -0.1) is 0 Å². The third-order valence-electron chi connectivity index (χ3n) is 2.97. The lowest BCUT2D eigenvalue weighted by Gasteiger charge is -2.18. The van der Waals surface area contributed by atoms with E-state index in [4.69, 9.17) is 16.7 Å². The lowest BCUT2D eigenvalue weighted by atomic mass is 9.97. The van der Waals surface area contributed by atoms with Crippen LogP contribution in [0.1, 0.15) is 18.9 Å². The molecule has 2 unspecified atom stereocenters. The van der Waals surface area contributed by atoms with Gasteiger partial charge in [0.1, 0.15) is 5.92 Å². The molecule has 2 amide bonds. The minimum Gasteiger partial charge on any atom is -0.409 e. The average molecular weight is 292 g/mol. The van der Waals surface area contributed by atoms with Crippen LogP contribution in [-0.4, -0.2) is 28.9 Å². The summed E-state index contributed by atoms with van der Waals surface area (Å²) in [5.74, 6) is -1.91. The first-order valence-electron chi connectivity index (χ1n) is 6.54. The Labute approximate surface area is 123 Å². The zero-order chi connectivity index (χ0) is 15.8. The average Bonchev–Trinajstić information content (AvgIpc) is 2.44. The van der Waals surface area contributed by atoms with Gasteiger partial charge in [0.15, 0.2) is 5.84 Å². The van der Waals surface area contributed by atoms with Gasteiger partial charge in [-0.3, -0.25) is 9.59 Å². The van der Waals surface area contributed by atoms with Gasteiger partial charge in [-0.1, -0.05) is 35.5 Å². The molecule has 0 spiro atoms. The van der Waals surface area contributed by atoms with Gasteiger partial charge in [-0.2, -0.15) is 0 Å². The minimum absolute atomic E-state index is 0.0277. The van der Waals surface area contributed by atoms with Gasteiger partial charge < -0.3 is 22.0 Å². The molecule has 114 valence electrons. The quantitative estimate of drug-likeness (QED) is 0.243. The lowest BCUT2D eigenvalue weighted by Crippen LogP contribution is -2.44. The molecule has 0 saturated heterocycles. The summed E-state index contributed by atoms with van der Waals surface area (Å²) < 4.78 is 0. The van der Waals surface area contributed by atoms with Crippen molar-refractivity contribution in [2.75, 3.05) is 0 Å². The number of nitrogens with zero attached hydrogens (tertiary/aromatic N) is 1. The van der Waals surface area contributed by atoms with E-state index in [1.165, 1.54) is 0 Å². The van der Waals surface area contributed by atoms with E-state index in [9.17, 15) is 9.59 Å². The van der Waals surface area contributed by atoms with E-state index in [2.05, 4.69) is 10.5 Å². The highest BCUT2D eigenvalue weighted by atomic mass is 16.4. The lowest BCUT2D eigenvalue weighted by molar-refractivity contribution is -0.124. The van der Waals surface area contributed by atoms with E-state index in [0.29, 0.717) is 6.42 Å². The van der Waals surface area contributed by atoms with Crippen molar-refractivity contribution >= 4 is 17.6 Å². The zero-order valence-corrected chi connectivity index (χ0v) is 11.8. The van der Waals surface area contributed by atoms with Crippen LogP contribution < -0.4 is 16.8 Å². The van der Waals surface area contributed by atoms with Crippen molar-refractivity contribution in [1.82, 2.24) is 5.32 Å². The number of primary amides is 1. The minimum atomic E-state index is -0.812. The predicted octanol–water partition coefficient (Wildman–Crippen LogP) is -0.0282. The van der Waals surface area contributed by atoms with Crippen LogP contribution in [0.25, 0.3) is 0 Å². The SMILES string of the molecule is CC(CC(N)=O)NC(=O)C(Cc1ccccc1)/C(N)=N/O. The second-order valence-electron chi connectivity index (χ2n) is 4.85. The molecule has 0 heterocycles. The van der Waals surface area contributed by atoms with Crippen molar-refractivity contribution in [3.05, 3.63) is 35.9 Å². The standard InChI is InChI=1S/C14H20N4O3/c1-9(7-12(15)19)17-14(20)11(13(16)18-21)8-10-5-3-2-4-6-10/h2-6,9,11,21H,7-8H2,1H3,(H2,15,19)(H2,16,18)(H,17,20). The van der Waals surface area contributed by atoms with Gasteiger partial charge >= 0.3 is 0 Å². The number of nitrogens with one attached hydrogen (secondary N) is 1. The Balaban J connectivity index is 2.78. The van der Waals surface area contributed by atoms with Crippen molar-refractivity contribution in [2.24, 2.45) is 22.5 Å². The van der Waals surface area contributed by atoms with E-state index in [0.717, 1.165) is 5.56 Å². The van der Waals surface area contributed by atoms with Crippen LogP contribution in [0, 0.1) is 5.92 Å². The molecule has 2 atom stereocenters. The van der Waals surface area contributed by atoms with Crippen LogP contribution in [0.5, 0.6) is 0 Å². The molecule has 6 N–H and O–H groups in total. The molecule has 7 heteroatoms. The normalized spacial score (nSPS) is 14.2. The summed E-state index contributed by atoms with van der Waals surface area (Å²) in [6.07, 6.45) is 0.325. The number of nitrogens with two attached hydrogens (primary N) is 2. The van der Waals surface area contributed by atoms with Crippen LogP contribution in [0.3, 0.4) is 0 Å². The fourth-order valence-corrected chi connectivity index (χ4v) is 1.95. The monoisotopic (exact) mass is 292 g/mol. The first kappa shape index (κ1) is 16.5. The highest BCUT2D eigenvalue weighted by Gasteiger charge is 2.25. The van der Waals surface area contributed by atoms with Crippen LogP contribution >= 0.6 is 0 Å². The highest BCUT2D eigenvalue weighted by molar-refractivity contribution is 6.02. The van der Waals surface area contributed by atoms with Gasteiger partial charge in [0.25, 0.3) is 0 Å². The maximum atomic E-state index is 12.2. The molecule has 21 heavy (non-hydrogen) atoms. The summed E-state index contributed by atoms with van der Waals surface area (Å²) in [5, 5.41) is 14.4. The number of oxime groups is 1. The topological polar surface area (TPSA) is 131 Å². The molecular formula is C14H20N4O3. The maximum absolute atomic E-state index is 12.2. The van der Waals surface area contributed by atoms with Crippen LogP contribution in [0.15, 0.2) is 35.5 Å². The second kappa shape index (κ2) is 7.88. The molecular weight excluding hydrogens is 272 g/mol. The largest absolute Gasteiger partial charge is 0.409 e. The number of hydrogen-bond donors (Lipinski definition) is 4. The van der Waals surface area contributed by atoms with Gasteiger partial charge in [0, 0.05) is 12.5 Å². The zero-order valence-electron chi connectivity index (χ0n) is 11.8. The number of hydrogen-bond acceptors (Lipinski definition) is 4. The smallest absolute Gasteiger partial charge is 0.231 e. The van der Waals surface area contributed by atoms with Gasteiger partial charge in [0.2, 0.25) is 11.8 Å². The molecule has 0 radical (unpaired) electrons. The molecule has 0 aliphatic rings. The van der Waals surface area contributed by atoms with Crippen molar-refractivity contribution in [1.29, 1.82) is 0 Å². The second-order valence-corrected chi connectivity index (χ2v) is 4.85. The molecule has 0 aliphatic carbocycles. The van der Waals surface area contributed by atoms with E-state index < -0.39 is 23.8 Å². The Kier molecular flexibility index (Phi) is 6.19. The molecule has 1 rings (SSSR count). The number of amidine groups is 1. The van der Waals surface area contributed by atoms with Crippen molar-refractivity contribution < 1.29 is 14.8 Å². The van der Waals surface area contributed by atoms with Crippen molar-refractivity contribution in [3.63, 3.8) is 0 Å². The van der Waals surface area contributed by atoms with E-state index in [1.807, 2.05) is 30.3 Å². The van der Waals surface area contributed by atoms with Crippen molar-refractivity contribution in [3.8, 4) is 0 Å². The number of carbonyl (C=O) groups is 2. The van der Waals surface area contributed by atoms with Crippen LogP contribution in [0.2, 0.25) is 0 Å². The summed E-state index contributed by atoms with van der Waals surface area (Å²) in [4.78, 5) is 23.0. The van der Waals surface area contributed by atoms with Gasteiger partial charge in [0.05, 0.1) is 0 Å². The highest BCUT2D eigenvalue weighted by Crippen LogP contribution is 2.10. The van der Waals surface area contributed by atoms with E-state index in [-0.39, 0.29) is 12.3 Å². The Morgan fingerprint density at radius 3 is 2.43 bits per heavy atom. The van der Waals surface area contributed by atoms with Crippen LogP contribution in [0.4, 0.5) is 0 Å². The Hall–Kier alpha value is -2.57. The molecule has 0 aliphatic heterocycles. The summed E-state index contributed by atoms with van der Waals surface area (Å²) in [6, 6.07) is 8.81. The summed E-state index contributed by atoms with van der Waals surface area (Å²) in [5.41, 5.74) is 11.5. The third-order valence-corrected chi connectivity index (χ3v) is 2.97. The predicted molar refractivity (Wildman–Crippen MR) is 78.5 cm³/mol. The van der Waals surface area contributed by atoms with Crippen LogP contribution in [-0.2, 0) is 16.0 Å². The summed E-state index contributed by atoms with van der Waals surface area (Å²) in [7, 11) is 0. The van der Waals surface area contributed by atoms with Gasteiger partial charge in [-0.25, -0.2) is 0 Å². The first-order valence-corrected chi connectivity index (χ1v) is 6.54. The Bertz CT molecular complexity index is 516. The Morgan fingerprint density at radius 1 is 1.29 bits per heavy atom. The number of carbonyl (C=O) groups excluding carboxylic acids is 2. The maximum Gasteiger partial charge on any atom is 0.231 e. The molecule has 7 nitrogen and oxygen atoms in total. The molecule has 0 saturated carbocycles. The molecule has 0 fully saturated rings. The molecule has 0 aromatic heterocycles. The van der Waals surface area contributed by atoms with Crippen molar-refractivity contribution in [2.45, 2.75) is 25.8 Å². The fourth-order valence-electron chi connectivity index (χ4n) is 1.95. The van der Waals surface area contributed by atoms with Gasteiger partial charge in [-0.05, 0) is 18.9 Å². The first-order chi connectivity index (χ1) is 9.93. The van der Waals surface area contributed by atoms with E-state index >= 15 is 0 Å². The molecule has 1 aromatic rings. The third kappa shape index (κ3) is 5.52. The molecule has 0 bridgehead atoms. The Morgan fingerprint density at radius 2 is 1.90 bits per heavy atom. The number of amides is 2.